The fourth-order valence-corrected chi connectivity index (χ4v) is 1.82. The Balaban J connectivity index is 1.77. The number of benzene rings is 1. The number of ether oxygens (including phenoxy) is 3. The van der Waals surface area contributed by atoms with Gasteiger partial charge in [-0.25, -0.2) is 4.79 Å². The Kier molecular flexibility index (Phi) is 4.42. The van der Waals surface area contributed by atoms with Crippen molar-refractivity contribution in [2.45, 2.75) is 25.7 Å². The van der Waals surface area contributed by atoms with Crippen molar-refractivity contribution >= 4 is 12.0 Å². The summed E-state index contributed by atoms with van der Waals surface area (Å²) in [6.07, 6.45) is 2.74. The summed E-state index contributed by atoms with van der Waals surface area (Å²) < 4.78 is 16.0. The van der Waals surface area contributed by atoms with E-state index in [1.54, 1.807) is 30.3 Å². The van der Waals surface area contributed by atoms with Crippen LogP contribution < -0.4 is 0 Å². The first kappa shape index (κ1) is 14.6. The number of rotatable bonds is 4. The summed E-state index contributed by atoms with van der Waals surface area (Å²) in [7, 11) is 0. The average molecular weight is 278 g/mol. The van der Waals surface area contributed by atoms with E-state index in [1.165, 1.54) is 6.08 Å². The van der Waals surface area contributed by atoms with Crippen LogP contribution in [0.4, 0.5) is 0 Å². The van der Waals surface area contributed by atoms with Crippen LogP contribution in [0.5, 0.6) is 5.75 Å². The number of esters is 1. The van der Waals surface area contributed by atoms with Crippen LogP contribution in [-0.2, 0) is 19.0 Å². The standard InChI is InChI=1S/C15H18O5/c1-15(2)19-10-13(20-15)9-18-14(17)8-5-11-3-6-12(16)7-4-11/h3-8,13,16H,9-10H2,1-2H3/b8-5-/t13-/m1/s1. The molecule has 0 aromatic heterocycles. The van der Waals surface area contributed by atoms with Gasteiger partial charge in [-0.15, -0.1) is 0 Å². The molecule has 20 heavy (non-hydrogen) atoms. The molecule has 2 rings (SSSR count). The molecule has 0 unspecified atom stereocenters. The third-order valence-corrected chi connectivity index (χ3v) is 2.78. The molecule has 1 atom stereocenters. The van der Waals surface area contributed by atoms with Gasteiger partial charge in [-0.05, 0) is 37.6 Å². The van der Waals surface area contributed by atoms with Gasteiger partial charge in [0, 0.05) is 6.08 Å². The molecular weight excluding hydrogens is 260 g/mol. The molecule has 0 amide bonds. The van der Waals surface area contributed by atoms with Gasteiger partial charge in [-0.2, -0.15) is 0 Å². The lowest BCUT2D eigenvalue weighted by Gasteiger charge is -2.16. The van der Waals surface area contributed by atoms with Crippen molar-refractivity contribution in [3.63, 3.8) is 0 Å². The molecule has 5 nitrogen and oxygen atoms in total. The van der Waals surface area contributed by atoms with Crippen LogP contribution in [0.1, 0.15) is 19.4 Å². The van der Waals surface area contributed by atoms with Crippen molar-refractivity contribution in [3.8, 4) is 5.75 Å². The van der Waals surface area contributed by atoms with Crippen molar-refractivity contribution in [2.75, 3.05) is 13.2 Å². The normalized spacial score (nSPS) is 21.2. The molecule has 0 radical (unpaired) electrons. The summed E-state index contributed by atoms with van der Waals surface area (Å²) in [6.45, 7) is 4.23. The Bertz CT molecular complexity index is 489. The first-order valence-electron chi connectivity index (χ1n) is 6.40. The Hall–Kier alpha value is -1.85. The topological polar surface area (TPSA) is 65.0 Å². The summed E-state index contributed by atoms with van der Waals surface area (Å²) in [5.74, 6) is -0.865. The van der Waals surface area contributed by atoms with E-state index in [2.05, 4.69) is 0 Å². The predicted octanol–water partition coefficient (Wildman–Crippen LogP) is 2.10. The van der Waals surface area contributed by atoms with Crippen molar-refractivity contribution in [1.82, 2.24) is 0 Å². The monoisotopic (exact) mass is 278 g/mol. The second-order valence-corrected chi connectivity index (χ2v) is 5.01. The van der Waals surface area contributed by atoms with E-state index in [1.807, 2.05) is 13.8 Å². The zero-order chi connectivity index (χ0) is 14.6. The summed E-state index contributed by atoms with van der Waals surface area (Å²) in [5, 5.41) is 9.14. The second kappa shape index (κ2) is 6.07. The van der Waals surface area contributed by atoms with Gasteiger partial charge in [0.2, 0.25) is 0 Å². The van der Waals surface area contributed by atoms with Gasteiger partial charge in [0.1, 0.15) is 18.5 Å². The molecule has 1 N–H and O–H groups in total. The zero-order valence-electron chi connectivity index (χ0n) is 11.5. The Morgan fingerprint density at radius 1 is 1.45 bits per heavy atom. The molecule has 0 bridgehead atoms. The molecule has 1 saturated heterocycles. The lowest BCUT2D eigenvalue weighted by Crippen LogP contribution is -2.24. The van der Waals surface area contributed by atoms with Crippen LogP contribution in [0.3, 0.4) is 0 Å². The van der Waals surface area contributed by atoms with Gasteiger partial charge in [-0.1, -0.05) is 12.1 Å². The van der Waals surface area contributed by atoms with Crippen LogP contribution in [0.2, 0.25) is 0 Å². The average Bonchev–Trinajstić information content (AvgIpc) is 2.75. The van der Waals surface area contributed by atoms with E-state index < -0.39 is 11.8 Å². The molecule has 1 aliphatic heterocycles. The minimum absolute atomic E-state index is 0.169. The quantitative estimate of drug-likeness (QED) is 0.675. The number of phenolic OH excluding ortho intramolecular Hbond substituents is 1. The van der Waals surface area contributed by atoms with Crippen molar-refractivity contribution in [1.29, 1.82) is 0 Å². The van der Waals surface area contributed by atoms with Crippen molar-refractivity contribution in [3.05, 3.63) is 35.9 Å². The molecular formula is C15H18O5. The highest BCUT2D eigenvalue weighted by atomic mass is 16.7. The van der Waals surface area contributed by atoms with Gasteiger partial charge >= 0.3 is 5.97 Å². The van der Waals surface area contributed by atoms with Crippen LogP contribution in [0.25, 0.3) is 6.08 Å². The second-order valence-electron chi connectivity index (χ2n) is 5.01. The molecule has 0 spiro atoms. The van der Waals surface area contributed by atoms with Crippen molar-refractivity contribution in [2.24, 2.45) is 0 Å². The Labute approximate surface area is 117 Å². The number of aromatic hydroxyl groups is 1. The molecule has 1 fully saturated rings. The number of phenols is 1. The highest BCUT2D eigenvalue weighted by Gasteiger charge is 2.33. The fraction of sp³-hybridized carbons (Fsp3) is 0.400. The summed E-state index contributed by atoms with van der Waals surface area (Å²) in [6, 6.07) is 6.51. The zero-order valence-corrected chi connectivity index (χ0v) is 11.5. The molecule has 0 saturated carbocycles. The van der Waals surface area contributed by atoms with E-state index in [9.17, 15) is 4.79 Å². The molecule has 108 valence electrons. The first-order chi connectivity index (χ1) is 9.44. The van der Waals surface area contributed by atoms with Crippen LogP contribution >= 0.6 is 0 Å². The van der Waals surface area contributed by atoms with E-state index in [0.29, 0.717) is 6.61 Å². The Morgan fingerprint density at radius 3 is 2.75 bits per heavy atom. The number of hydrogen-bond donors (Lipinski definition) is 1. The largest absolute Gasteiger partial charge is 0.508 e. The van der Waals surface area contributed by atoms with E-state index >= 15 is 0 Å². The highest BCUT2D eigenvalue weighted by molar-refractivity contribution is 5.87. The first-order valence-corrected chi connectivity index (χ1v) is 6.40. The fourth-order valence-electron chi connectivity index (χ4n) is 1.82. The van der Waals surface area contributed by atoms with Crippen LogP contribution in [0.15, 0.2) is 30.3 Å². The van der Waals surface area contributed by atoms with Gasteiger partial charge < -0.3 is 19.3 Å². The van der Waals surface area contributed by atoms with Gasteiger partial charge in [0.25, 0.3) is 0 Å². The van der Waals surface area contributed by atoms with Crippen LogP contribution in [0, 0.1) is 0 Å². The van der Waals surface area contributed by atoms with Crippen molar-refractivity contribution < 1.29 is 24.1 Å². The van der Waals surface area contributed by atoms with Gasteiger partial charge in [-0.3, -0.25) is 0 Å². The molecule has 1 aliphatic rings. The lowest BCUT2D eigenvalue weighted by atomic mass is 10.2. The molecule has 1 aromatic carbocycles. The number of carbonyl (C=O) groups is 1. The third kappa shape index (κ3) is 4.36. The van der Waals surface area contributed by atoms with Gasteiger partial charge in [0.15, 0.2) is 5.79 Å². The minimum Gasteiger partial charge on any atom is -0.508 e. The summed E-state index contributed by atoms with van der Waals surface area (Å²) in [4.78, 5) is 11.5. The molecule has 1 aromatic rings. The maximum Gasteiger partial charge on any atom is 0.330 e. The highest BCUT2D eigenvalue weighted by Crippen LogP contribution is 2.22. The maximum atomic E-state index is 11.5. The number of hydrogen-bond acceptors (Lipinski definition) is 5. The van der Waals surface area contributed by atoms with E-state index in [4.69, 9.17) is 19.3 Å². The minimum atomic E-state index is -0.612. The maximum absolute atomic E-state index is 11.5. The molecule has 5 heteroatoms. The third-order valence-electron chi connectivity index (χ3n) is 2.78. The summed E-state index contributed by atoms with van der Waals surface area (Å²) >= 11 is 0. The van der Waals surface area contributed by atoms with E-state index in [0.717, 1.165) is 5.56 Å². The van der Waals surface area contributed by atoms with E-state index in [-0.39, 0.29) is 18.5 Å². The SMILES string of the molecule is CC1(C)OC[C@@H](COC(=O)/C=C\c2ccc(O)cc2)O1. The smallest absolute Gasteiger partial charge is 0.330 e. The number of carbonyl (C=O) groups excluding carboxylic acids is 1. The molecule has 0 aliphatic carbocycles. The summed E-state index contributed by atoms with van der Waals surface area (Å²) in [5.41, 5.74) is 0.807. The van der Waals surface area contributed by atoms with Gasteiger partial charge in [0.05, 0.1) is 6.61 Å². The lowest BCUT2D eigenvalue weighted by molar-refractivity contribution is -0.154. The molecule has 1 heterocycles. The van der Waals surface area contributed by atoms with Crippen LogP contribution in [-0.4, -0.2) is 36.2 Å². The Morgan fingerprint density at radius 2 is 2.15 bits per heavy atom. The predicted molar refractivity (Wildman–Crippen MR) is 73.0 cm³/mol.